The third-order valence-corrected chi connectivity index (χ3v) is 7.74. The van der Waals surface area contributed by atoms with Crippen molar-refractivity contribution in [1.29, 1.82) is 0 Å². The minimum absolute atomic E-state index is 0. The third-order valence-electron chi connectivity index (χ3n) is 7.74. The van der Waals surface area contributed by atoms with Gasteiger partial charge >= 0.3 is 12.4 Å². The van der Waals surface area contributed by atoms with E-state index in [1.807, 2.05) is 19.9 Å². The van der Waals surface area contributed by atoms with Crippen LogP contribution in [0.5, 0.6) is 0 Å². The molecular formula is C38H55F7N6O2. The van der Waals surface area contributed by atoms with E-state index < -0.39 is 30.6 Å². The molecule has 3 N–H and O–H groups in total. The normalized spacial score (nSPS) is 11.0. The third kappa shape index (κ3) is 14.4. The van der Waals surface area contributed by atoms with Gasteiger partial charge in [-0.3, -0.25) is 23.3 Å². The fourth-order valence-electron chi connectivity index (χ4n) is 4.74. The zero-order valence-corrected chi connectivity index (χ0v) is 30.2. The highest BCUT2D eigenvalue weighted by molar-refractivity contribution is 5.93. The first-order valence-electron chi connectivity index (χ1n) is 16.5. The number of rotatable bonds is 7. The summed E-state index contributed by atoms with van der Waals surface area (Å²) in [5.41, 5.74) is 8.15. The summed E-state index contributed by atoms with van der Waals surface area (Å²) >= 11 is 0. The van der Waals surface area contributed by atoms with Crippen molar-refractivity contribution in [2.24, 2.45) is 19.8 Å². The predicted molar refractivity (Wildman–Crippen MR) is 197 cm³/mol. The molecule has 0 aliphatic carbocycles. The Hall–Kier alpha value is -4.53. The van der Waals surface area contributed by atoms with Crippen molar-refractivity contribution in [3.63, 3.8) is 0 Å². The van der Waals surface area contributed by atoms with Gasteiger partial charge in [0.25, 0.3) is 5.91 Å². The van der Waals surface area contributed by atoms with Crippen LogP contribution in [0.2, 0.25) is 0 Å². The molecule has 0 saturated heterocycles. The van der Waals surface area contributed by atoms with Gasteiger partial charge in [0.05, 0.1) is 31.0 Å². The number of ketones is 1. The minimum atomic E-state index is -4.40. The molecule has 15 heteroatoms. The molecule has 8 nitrogen and oxygen atoms in total. The summed E-state index contributed by atoms with van der Waals surface area (Å²) in [7, 11) is 2.46. The van der Waals surface area contributed by atoms with Crippen LogP contribution in [0.3, 0.4) is 0 Å². The molecule has 0 unspecified atom stereocenters. The van der Waals surface area contributed by atoms with Crippen LogP contribution in [0, 0.1) is 13.8 Å². The van der Waals surface area contributed by atoms with Crippen LogP contribution >= 0.6 is 0 Å². The van der Waals surface area contributed by atoms with Gasteiger partial charge in [-0.15, -0.1) is 0 Å². The molecule has 0 atom stereocenters. The highest BCUT2D eigenvalue weighted by atomic mass is 19.4. The molecule has 53 heavy (non-hydrogen) atoms. The number of halogens is 7. The fourth-order valence-corrected chi connectivity index (χ4v) is 4.74. The lowest BCUT2D eigenvalue weighted by atomic mass is 10.0. The SMILES string of the molecule is C.C.CC(=O)c1cc(C(C)C)nn1C.Cc1c(CN)cccc1C(F)(F)F.Cc1c(CNC(=O)c2cc(C(C)C)nn2C)cccc1C(F)(F)F.[2H]CF. The molecule has 0 fully saturated rings. The molecule has 0 saturated carbocycles. The Morgan fingerprint density at radius 1 is 0.792 bits per heavy atom. The van der Waals surface area contributed by atoms with Crippen LogP contribution in [0.15, 0.2) is 48.5 Å². The minimum Gasteiger partial charge on any atom is -0.347 e. The van der Waals surface area contributed by atoms with Crippen molar-refractivity contribution in [3.8, 4) is 0 Å². The molecule has 0 bridgehead atoms. The van der Waals surface area contributed by atoms with Gasteiger partial charge in [-0.2, -0.15) is 36.5 Å². The van der Waals surface area contributed by atoms with Gasteiger partial charge in [0.2, 0.25) is 0 Å². The number of nitrogens with two attached hydrogens (primary N) is 1. The van der Waals surface area contributed by atoms with Crippen molar-refractivity contribution >= 4 is 11.7 Å². The molecule has 0 radical (unpaired) electrons. The second-order valence-electron chi connectivity index (χ2n) is 12.1. The zero-order chi connectivity index (χ0) is 40.1. The smallest absolute Gasteiger partial charge is 0.347 e. The maximum atomic E-state index is 12.9. The summed E-state index contributed by atoms with van der Waals surface area (Å²) in [4.78, 5) is 23.3. The summed E-state index contributed by atoms with van der Waals surface area (Å²) in [5.74, 6) is 0.262. The number of nitrogens with one attached hydrogen (secondary N) is 1. The first kappa shape index (κ1) is 48.5. The van der Waals surface area contributed by atoms with Gasteiger partial charge in [0.15, 0.2) is 5.78 Å². The molecule has 2 aromatic carbocycles. The van der Waals surface area contributed by atoms with Crippen molar-refractivity contribution in [2.45, 2.75) is 101 Å². The maximum Gasteiger partial charge on any atom is 0.416 e. The zero-order valence-electron chi connectivity index (χ0n) is 31.2. The highest BCUT2D eigenvalue weighted by Gasteiger charge is 2.33. The summed E-state index contributed by atoms with van der Waals surface area (Å²) in [6.45, 7) is 12.6. The van der Waals surface area contributed by atoms with E-state index in [1.54, 1.807) is 43.9 Å². The lowest BCUT2D eigenvalue weighted by Gasteiger charge is -2.14. The molecule has 0 spiro atoms. The number of hydrogen-bond acceptors (Lipinski definition) is 5. The van der Waals surface area contributed by atoms with E-state index >= 15 is 0 Å². The monoisotopic (exact) mass is 761 g/mol. The largest absolute Gasteiger partial charge is 0.416 e. The molecule has 0 aliphatic heterocycles. The number of benzene rings is 2. The summed E-state index contributed by atoms with van der Waals surface area (Å²) < 4.78 is 94.4. The lowest BCUT2D eigenvalue weighted by molar-refractivity contribution is -0.138. The molecule has 1 amide bonds. The number of aryl methyl sites for hydroxylation is 2. The Bertz CT molecular complexity index is 1760. The number of aromatic nitrogens is 4. The number of carbonyl (C=O) groups excluding carboxylic acids is 2. The Labute approximate surface area is 310 Å². The van der Waals surface area contributed by atoms with E-state index in [0.717, 1.165) is 23.5 Å². The first-order chi connectivity index (χ1) is 24.0. The quantitative estimate of drug-likeness (QED) is 0.144. The van der Waals surface area contributed by atoms with Crippen molar-refractivity contribution in [1.82, 2.24) is 24.9 Å². The van der Waals surface area contributed by atoms with Gasteiger partial charge < -0.3 is 11.1 Å². The summed E-state index contributed by atoms with van der Waals surface area (Å²) in [6.07, 6.45) is -8.69. The number of Topliss-reactive ketones (excluding diaryl/α,β-unsaturated/α-hetero) is 1. The molecule has 298 valence electrons. The predicted octanol–water partition coefficient (Wildman–Crippen LogP) is 9.88. The lowest BCUT2D eigenvalue weighted by Crippen LogP contribution is -2.25. The van der Waals surface area contributed by atoms with Gasteiger partial charge in [0, 0.05) is 34.1 Å². The Balaban J connectivity index is 0. The summed E-state index contributed by atoms with van der Waals surface area (Å²) in [6, 6.07) is 11.5. The molecule has 4 rings (SSSR count). The Morgan fingerprint density at radius 2 is 1.17 bits per heavy atom. The standard InChI is InChI=1S/C17H20F3N3O.C9H10F3N.C9H14N2O.CH3F.2CH4/c1-10(2)14-8-15(23(4)22-14)16(24)21-9-12-6-5-7-13(11(12)3)17(18,19)20;1-6-7(5-13)3-2-4-8(6)9(10,11)12;1-6(2)8-5-9(7(3)12)11(4)10-8;1-2;;/h5-8,10H,9H2,1-4H3,(H,21,24);2-4H,5,13H2,1H3;5-6H,1-4H3;1H3;2*1H4/i;;;1D;;. The Morgan fingerprint density at radius 3 is 1.51 bits per heavy atom. The van der Waals surface area contributed by atoms with Crippen LogP contribution < -0.4 is 11.1 Å². The topological polar surface area (TPSA) is 108 Å². The number of carbonyl (C=O) groups is 2. The number of alkyl halides is 7. The van der Waals surface area contributed by atoms with Crippen LogP contribution in [-0.4, -0.2) is 38.4 Å². The molecule has 4 aromatic rings. The van der Waals surface area contributed by atoms with Crippen LogP contribution in [0.4, 0.5) is 30.7 Å². The maximum absolute atomic E-state index is 12.9. The van der Waals surface area contributed by atoms with E-state index in [2.05, 4.69) is 29.4 Å². The molecular weight excluding hydrogens is 705 g/mol. The molecule has 2 aromatic heterocycles. The van der Waals surface area contributed by atoms with E-state index in [0.29, 0.717) is 28.4 Å². The molecule has 2 heterocycles. The van der Waals surface area contributed by atoms with Gasteiger partial charge in [-0.25, -0.2) is 0 Å². The van der Waals surface area contributed by atoms with Crippen molar-refractivity contribution < 1.29 is 41.7 Å². The van der Waals surface area contributed by atoms with E-state index in [1.165, 1.54) is 30.7 Å². The summed E-state index contributed by atoms with van der Waals surface area (Å²) in [5, 5.41) is 11.1. The van der Waals surface area contributed by atoms with Gasteiger partial charge in [-0.05, 0) is 72.2 Å². The second-order valence-corrected chi connectivity index (χ2v) is 12.1. The van der Waals surface area contributed by atoms with Crippen molar-refractivity contribution in [2.75, 3.05) is 7.15 Å². The average molecular weight is 762 g/mol. The van der Waals surface area contributed by atoms with Gasteiger partial charge in [0.1, 0.15) is 11.4 Å². The van der Waals surface area contributed by atoms with E-state index in [4.69, 9.17) is 7.10 Å². The number of amides is 1. The first-order valence-corrected chi connectivity index (χ1v) is 15.7. The van der Waals surface area contributed by atoms with E-state index in [-0.39, 0.29) is 56.7 Å². The van der Waals surface area contributed by atoms with Crippen LogP contribution in [-0.2, 0) is 39.5 Å². The Kier molecular flexibility index (Phi) is 20.0. The fraction of sp³-hybridized carbons (Fsp3) is 0.474. The van der Waals surface area contributed by atoms with Gasteiger partial charge in [-0.1, -0.05) is 66.8 Å². The van der Waals surface area contributed by atoms with Crippen LogP contribution in [0.1, 0.15) is 128 Å². The van der Waals surface area contributed by atoms with Crippen molar-refractivity contribution in [3.05, 3.63) is 105 Å². The van der Waals surface area contributed by atoms with Crippen LogP contribution in [0.25, 0.3) is 0 Å². The molecule has 0 aliphatic rings. The van der Waals surface area contributed by atoms with E-state index in [9.17, 15) is 40.3 Å². The highest BCUT2D eigenvalue weighted by Crippen LogP contribution is 2.33. The average Bonchev–Trinajstić information content (AvgIpc) is 3.63. The second kappa shape index (κ2) is 21.9. The number of nitrogens with zero attached hydrogens (tertiary/aromatic N) is 4. The number of hydrogen-bond donors (Lipinski definition) is 2.